The van der Waals surface area contributed by atoms with E-state index in [-0.39, 0.29) is 35.0 Å². The molecule has 0 atom stereocenters. The summed E-state index contributed by atoms with van der Waals surface area (Å²) in [6, 6.07) is 32.0. The van der Waals surface area contributed by atoms with Crippen molar-refractivity contribution in [2.45, 2.75) is 61.8 Å². The second-order valence-corrected chi connectivity index (χ2v) is 18.2. The number of Topliss-reactive ketones (excluding diaryl/α,β-unsaturated/α-hetero) is 2. The number of rotatable bonds is 12. The molecule has 3 heterocycles. The summed E-state index contributed by atoms with van der Waals surface area (Å²) in [4.78, 5) is 94.8. The predicted octanol–water partition coefficient (Wildman–Crippen LogP) is 11.1. The van der Waals surface area contributed by atoms with Crippen molar-refractivity contribution in [3.63, 3.8) is 0 Å². The minimum atomic E-state index is -1.25. The zero-order valence-electron chi connectivity index (χ0n) is 34.0. The molecule has 9 nitrogen and oxygen atoms in total. The first-order valence-corrected chi connectivity index (χ1v) is 22.9. The normalized spacial score (nSPS) is 14.9. The highest BCUT2D eigenvalue weighted by molar-refractivity contribution is 8.02. The number of imide groups is 2. The monoisotopic (exact) mass is 853 g/mol. The third-order valence-electron chi connectivity index (χ3n) is 12.1. The largest absolute Gasteiger partial charge is 0.293 e. The fourth-order valence-corrected chi connectivity index (χ4v) is 11.3. The maximum absolute atomic E-state index is 14.6. The van der Waals surface area contributed by atoms with Gasteiger partial charge in [0.15, 0.2) is 11.6 Å². The van der Waals surface area contributed by atoms with Crippen LogP contribution < -0.4 is 4.90 Å². The van der Waals surface area contributed by atoms with Gasteiger partial charge in [0.1, 0.15) is 5.92 Å². The zero-order chi connectivity index (χ0) is 42.8. The van der Waals surface area contributed by atoms with Crippen LogP contribution in [-0.4, -0.2) is 56.6 Å². The SMILES string of the molecule is CCCCSc1cc2c(cc1SCCCC)C(=O)N(c1ccc(CN3C(=O)c4cccc5cccc(c45)C3=O)c3ccc(C4C(=O)c5cc6ccccc6cc5C4=O)nc13)C2=O. The van der Waals surface area contributed by atoms with Crippen molar-refractivity contribution in [3.05, 3.63) is 154 Å². The lowest BCUT2D eigenvalue weighted by Gasteiger charge is -2.28. The second kappa shape index (κ2) is 15.8. The van der Waals surface area contributed by atoms with Crippen LogP contribution in [0.25, 0.3) is 32.4 Å². The maximum atomic E-state index is 14.6. The molecule has 0 N–H and O–H groups in total. The van der Waals surface area contributed by atoms with Crippen LogP contribution in [0.15, 0.2) is 119 Å². The van der Waals surface area contributed by atoms with Crippen LogP contribution in [0, 0.1) is 0 Å². The van der Waals surface area contributed by atoms with Crippen molar-refractivity contribution < 1.29 is 28.8 Å². The van der Waals surface area contributed by atoms with Crippen LogP contribution in [0.3, 0.4) is 0 Å². The van der Waals surface area contributed by atoms with Crippen molar-refractivity contribution in [3.8, 4) is 0 Å². The summed E-state index contributed by atoms with van der Waals surface area (Å²) in [5.74, 6) is -2.19. The molecule has 0 bridgehead atoms. The molecule has 3 aliphatic rings. The third-order valence-corrected chi connectivity index (χ3v) is 14.5. The molecule has 2 aliphatic heterocycles. The summed E-state index contributed by atoms with van der Waals surface area (Å²) in [7, 11) is 0. The summed E-state index contributed by atoms with van der Waals surface area (Å²) < 4.78 is 0. The van der Waals surface area contributed by atoms with Crippen LogP contribution in [0.2, 0.25) is 0 Å². The number of fused-ring (bicyclic) bond motifs is 4. The average molecular weight is 854 g/mol. The Balaban J connectivity index is 1.09. The number of benzene rings is 6. The molecule has 1 aromatic heterocycles. The van der Waals surface area contributed by atoms with Gasteiger partial charge in [-0.1, -0.05) is 87.4 Å². The van der Waals surface area contributed by atoms with Gasteiger partial charge < -0.3 is 0 Å². The molecule has 0 fully saturated rings. The molecule has 10 rings (SSSR count). The molecule has 0 spiro atoms. The van der Waals surface area contributed by atoms with Gasteiger partial charge >= 0.3 is 0 Å². The number of hydrogen-bond acceptors (Lipinski definition) is 9. The second-order valence-electron chi connectivity index (χ2n) is 15.9. The Labute approximate surface area is 365 Å². The molecular weight excluding hydrogens is 815 g/mol. The van der Waals surface area contributed by atoms with E-state index in [0.717, 1.165) is 68.0 Å². The standard InChI is InChI=1S/C51H39N3O6S2/c1-3-5-21-61-41-25-37-38(26-42(41)62-22-6-4-2)51(60)54(50(37)59)40-20-17-31(27-53-48(57)33-15-9-13-28-14-10-16-34(43(28)33)49(53)58)32-18-19-39(52-45(32)40)44-46(55)35-23-29-11-7-8-12-30(29)24-36(35)47(44)56/h7-20,23-26,44H,3-6,21-22,27H2,1-2H3. The Bertz CT molecular complexity index is 2990. The first kappa shape index (κ1) is 39.7. The molecular formula is C51H39N3O6S2. The van der Waals surface area contributed by atoms with Crippen molar-refractivity contribution in [2.24, 2.45) is 0 Å². The van der Waals surface area contributed by atoms with Gasteiger partial charge in [0.05, 0.1) is 34.6 Å². The number of pyridine rings is 1. The molecule has 0 saturated carbocycles. The van der Waals surface area contributed by atoms with E-state index < -0.39 is 29.5 Å². The van der Waals surface area contributed by atoms with E-state index in [1.165, 1.54) is 4.90 Å². The number of anilines is 1. The van der Waals surface area contributed by atoms with Gasteiger partial charge in [-0.3, -0.25) is 33.7 Å². The number of carbonyl (C=O) groups is 6. The lowest BCUT2D eigenvalue weighted by molar-refractivity contribution is 0.0597. The van der Waals surface area contributed by atoms with E-state index >= 15 is 0 Å². The number of carbonyl (C=O) groups excluding carboxylic acids is 6. The van der Waals surface area contributed by atoms with Crippen LogP contribution in [0.1, 0.15) is 119 Å². The van der Waals surface area contributed by atoms with Gasteiger partial charge in [0.25, 0.3) is 23.6 Å². The number of nitrogens with zero attached hydrogens (tertiary/aromatic N) is 3. The maximum Gasteiger partial charge on any atom is 0.266 e. The fourth-order valence-electron chi connectivity index (χ4n) is 8.84. The Morgan fingerprint density at radius 1 is 0.548 bits per heavy atom. The summed E-state index contributed by atoms with van der Waals surface area (Å²) in [5.41, 5.74) is 3.08. The van der Waals surface area contributed by atoms with Crippen molar-refractivity contribution in [1.29, 1.82) is 0 Å². The fraction of sp³-hybridized carbons (Fsp3) is 0.196. The quantitative estimate of drug-likeness (QED) is 0.0512. The Morgan fingerprint density at radius 2 is 1.10 bits per heavy atom. The van der Waals surface area contributed by atoms with E-state index in [9.17, 15) is 28.8 Å². The first-order chi connectivity index (χ1) is 30.2. The van der Waals surface area contributed by atoms with E-state index in [4.69, 9.17) is 4.98 Å². The van der Waals surface area contributed by atoms with E-state index in [1.807, 2.05) is 48.5 Å². The molecule has 7 aromatic rings. The summed E-state index contributed by atoms with van der Waals surface area (Å²) in [5, 5.41) is 3.51. The molecule has 6 aromatic carbocycles. The molecule has 11 heteroatoms. The lowest BCUT2D eigenvalue weighted by atomic mass is 9.93. The summed E-state index contributed by atoms with van der Waals surface area (Å²) in [6.07, 6.45) is 4.08. The van der Waals surface area contributed by atoms with Crippen molar-refractivity contribution in [1.82, 2.24) is 9.88 Å². The summed E-state index contributed by atoms with van der Waals surface area (Å²) in [6.45, 7) is 4.13. The zero-order valence-corrected chi connectivity index (χ0v) is 35.7. The molecule has 0 saturated heterocycles. The van der Waals surface area contributed by atoms with Gasteiger partial charge in [0.2, 0.25) is 0 Å². The van der Waals surface area contributed by atoms with Gasteiger partial charge in [0, 0.05) is 42.8 Å². The van der Waals surface area contributed by atoms with E-state index in [2.05, 4.69) is 13.8 Å². The van der Waals surface area contributed by atoms with Crippen LogP contribution in [0.4, 0.5) is 5.69 Å². The Hall–Kier alpha value is -6.43. The highest BCUT2D eigenvalue weighted by atomic mass is 32.2. The average Bonchev–Trinajstić information content (AvgIpc) is 3.67. The smallest absolute Gasteiger partial charge is 0.266 e. The van der Waals surface area contributed by atoms with Gasteiger partial charge in [-0.15, -0.1) is 23.5 Å². The molecule has 4 amide bonds. The minimum Gasteiger partial charge on any atom is -0.293 e. The summed E-state index contributed by atoms with van der Waals surface area (Å²) >= 11 is 3.37. The number of thioether (sulfide) groups is 2. The van der Waals surface area contributed by atoms with Crippen molar-refractivity contribution in [2.75, 3.05) is 16.4 Å². The topological polar surface area (TPSA) is 122 Å². The lowest BCUT2D eigenvalue weighted by Crippen LogP contribution is -2.39. The Morgan fingerprint density at radius 3 is 1.65 bits per heavy atom. The highest BCUT2D eigenvalue weighted by Crippen LogP contribution is 2.43. The molecule has 306 valence electrons. The van der Waals surface area contributed by atoms with Gasteiger partial charge in [-0.25, -0.2) is 9.88 Å². The molecule has 1 aliphatic carbocycles. The minimum absolute atomic E-state index is 0.141. The van der Waals surface area contributed by atoms with Gasteiger partial charge in [-0.05, 0) is 94.6 Å². The number of hydrogen-bond donors (Lipinski definition) is 0. The first-order valence-electron chi connectivity index (χ1n) is 20.9. The number of amides is 4. The van der Waals surface area contributed by atoms with Crippen LogP contribution >= 0.6 is 23.5 Å². The predicted molar refractivity (Wildman–Crippen MR) is 244 cm³/mol. The Kier molecular flexibility index (Phi) is 10.1. The van der Waals surface area contributed by atoms with Gasteiger partial charge in [-0.2, -0.15) is 0 Å². The molecule has 0 unspecified atom stereocenters. The highest BCUT2D eigenvalue weighted by Gasteiger charge is 2.43. The van der Waals surface area contributed by atoms with Crippen LogP contribution in [-0.2, 0) is 6.54 Å². The number of aromatic nitrogens is 1. The number of unbranched alkanes of at least 4 members (excludes halogenated alkanes) is 2. The van der Waals surface area contributed by atoms with E-state index in [1.54, 1.807) is 84.2 Å². The van der Waals surface area contributed by atoms with Crippen molar-refractivity contribution >= 4 is 96.9 Å². The molecule has 0 radical (unpaired) electrons. The third kappa shape index (κ3) is 6.36. The van der Waals surface area contributed by atoms with E-state index in [0.29, 0.717) is 49.7 Å². The van der Waals surface area contributed by atoms with Crippen LogP contribution in [0.5, 0.6) is 0 Å². The number of ketones is 2. The molecule has 62 heavy (non-hydrogen) atoms.